The van der Waals surface area contributed by atoms with Crippen LogP contribution in [-0.2, 0) is 15.5 Å². The van der Waals surface area contributed by atoms with E-state index in [1.807, 2.05) is 0 Å². The van der Waals surface area contributed by atoms with Crippen LogP contribution in [0.25, 0.3) is 0 Å². The van der Waals surface area contributed by atoms with Crippen LogP contribution in [0.2, 0.25) is 0 Å². The first kappa shape index (κ1) is 11.2. The van der Waals surface area contributed by atoms with Crippen LogP contribution in [-0.4, -0.2) is 25.6 Å². The van der Waals surface area contributed by atoms with Gasteiger partial charge in [0.25, 0.3) is 0 Å². The van der Waals surface area contributed by atoms with Gasteiger partial charge in [0.2, 0.25) is 5.91 Å². The summed E-state index contributed by atoms with van der Waals surface area (Å²) in [5.41, 5.74) is -0.722. The topological polar surface area (TPSA) is 63.2 Å². The van der Waals surface area contributed by atoms with E-state index in [1.165, 1.54) is 0 Å². The number of nitrogens with one attached hydrogen (secondary N) is 1. The maximum Gasteiger partial charge on any atom is 0.243 e. The fraction of sp³-hybridized carbons (Fsp3) is 0.571. The van der Waals surface area contributed by atoms with E-state index in [9.17, 15) is 13.2 Å². The molecule has 0 spiro atoms. The minimum atomic E-state index is -2.47. The van der Waals surface area contributed by atoms with Crippen LogP contribution in [0.1, 0.15) is 13.8 Å². The molecule has 0 aromatic heterocycles. The number of thiol groups is 1. The second kappa shape index (κ2) is 4.25. The first-order valence-electron chi connectivity index (χ1n) is 3.44. The molecular weight excluding hydrogens is 178 g/mol. The summed E-state index contributed by atoms with van der Waals surface area (Å²) < 4.78 is 20.7. The highest BCUT2D eigenvalue weighted by Crippen LogP contribution is 2.01. The Morgan fingerprint density at radius 1 is 1.58 bits per heavy atom. The predicted molar refractivity (Wildman–Crippen MR) is 47.6 cm³/mol. The summed E-state index contributed by atoms with van der Waals surface area (Å²) in [5, 5.41) is 2.50. The van der Waals surface area contributed by atoms with Crippen molar-refractivity contribution in [2.75, 3.05) is 5.75 Å². The van der Waals surface area contributed by atoms with Crippen molar-refractivity contribution in [1.82, 2.24) is 5.32 Å². The van der Waals surface area contributed by atoms with Crippen molar-refractivity contribution in [3.05, 3.63) is 12.7 Å². The van der Waals surface area contributed by atoms with Crippen molar-refractivity contribution in [2.45, 2.75) is 19.4 Å². The van der Waals surface area contributed by atoms with Gasteiger partial charge in [0.1, 0.15) is 10.7 Å². The average molecular weight is 191 g/mol. The lowest BCUT2D eigenvalue weighted by molar-refractivity contribution is -0.117. The highest BCUT2D eigenvalue weighted by Gasteiger charge is 2.19. The van der Waals surface area contributed by atoms with Crippen molar-refractivity contribution >= 4 is 16.6 Å². The van der Waals surface area contributed by atoms with Crippen molar-refractivity contribution < 1.29 is 13.2 Å². The maximum absolute atomic E-state index is 10.8. The summed E-state index contributed by atoms with van der Waals surface area (Å²) in [7, 11) is -2.47. The molecule has 12 heavy (non-hydrogen) atoms. The van der Waals surface area contributed by atoms with E-state index in [1.54, 1.807) is 13.8 Å². The van der Waals surface area contributed by atoms with E-state index in [0.29, 0.717) is 0 Å². The molecule has 0 aromatic rings. The third-order valence-corrected chi connectivity index (χ3v) is 2.22. The van der Waals surface area contributed by atoms with Gasteiger partial charge in [0.05, 0.1) is 5.75 Å². The maximum atomic E-state index is 10.8. The van der Waals surface area contributed by atoms with Gasteiger partial charge in [-0.15, -0.1) is 0 Å². The van der Waals surface area contributed by atoms with Gasteiger partial charge in [-0.25, -0.2) is 8.42 Å². The second-order valence-electron chi connectivity index (χ2n) is 3.07. The van der Waals surface area contributed by atoms with Crippen LogP contribution in [0.5, 0.6) is 0 Å². The summed E-state index contributed by atoms with van der Waals surface area (Å²) in [6.07, 6.45) is 1.11. The molecule has 0 aliphatic carbocycles. The first-order chi connectivity index (χ1) is 5.37. The van der Waals surface area contributed by atoms with E-state index < -0.39 is 16.2 Å². The minimum Gasteiger partial charge on any atom is -0.347 e. The van der Waals surface area contributed by atoms with Crippen molar-refractivity contribution in [3.63, 3.8) is 0 Å². The third-order valence-electron chi connectivity index (χ3n) is 1.17. The average Bonchev–Trinajstić information content (AvgIpc) is 1.83. The van der Waals surface area contributed by atoms with Crippen LogP contribution >= 0.6 is 0 Å². The molecule has 5 heteroatoms. The van der Waals surface area contributed by atoms with E-state index in [2.05, 4.69) is 11.9 Å². The molecule has 1 amide bonds. The zero-order valence-electron chi connectivity index (χ0n) is 7.16. The zero-order valence-corrected chi connectivity index (χ0v) is 8.06. The summed E-state index contributed by atoms with van der Waals surface area (Å²) in [6.45, 7) is 6.54. The van der Waals surface area contributed by atoms with Gasteiger partial charge in [0, 0.05) is 5.54 Å². The molecule has 0 atom stereocenters. The standard InChI is InChI=1S/C7H13NO3S/c1-4-6(9)8-7(2,3)5-12(10)11/h4,12H,1,5H2,2-3H3,(H,8,9). The lowest BCUT2D eigenvalue weighted by Gasteiger charge is -2.22. The quantitative estimate of drug-likeness (QED) is 0.473. The molecule has 4 nitrogen and oxygen atoms in total. The third kappa shape index (κ3) is 4.90. The Labute approximate surface area is 73.6 Å². The Hall–Kier alpha value is -0.840. The van der Waals surface area contributed by atoms with Crippen LogP contribution in [0, 0.1) is 0 Å². The number of hydrogen-bond acceptors (Lipinski definition) is 3. The molecule has 0 aliphatic rings. The fourth-order valence-electron chi connectivity index (χ4n) is 0.747. The molecule has 1 N–H and O–H groups in total. The van der Waals surface area contributed by atoms with E-state index in [4.69, 9.17) is 0 Å². The van der Waals surface area contributed by atoms with Gasteiger partial charge in [-0.2, -0.15) is 0 Å². The second-order valence-corrected chi connectivity index (χ2v) is 4.05. The monoisotopic (exact) mass is 191 g/mol. The van der Waals surface area contributed by atoms with Crippen molar-refractivity contribution in [2.24, 2.45) is 0 Å². The highest BCUT2D eigenvalue weighted by molar-refractivity contribution is 7.72. The van der Waals surface area contributed by atoms with E-state index >= 15 is 0 Å². The lowest BCUT2D eigenvalue weighted by atomic mass is 10.1. The van der Waals surface area contributed by atoms with Gasteiger partial charge in [-0.05, 0) is 19.9 Å². The van der Waals surface area contributed by atoms with Crippen LogP contribution in [0.4, 0.5) is 0 Å². The number of carbonyl (C=O) groups excluding carboxylic acids is 1. The van der Waals surface area contributed by atoms with E-state index in [-0.39, 0.29) is 11.7 Å². The molecule has 0 bridgehead atoms. The van der Waals surface area contributed by atoms with Crippen LogP contribution in [0.3, 0.4) is 0 Å². The molecule has 0 aromatic carbocycles. The van der Waals surface area contributed by atoms with Gasteiger partial charge >= 0.3 is 0 Å². The number of carbonyl (C=O) groups is 1. The zero-order chi connectivity index (χ0) is 9.78. The number of rotatable bonds is 4. The molecule has 0 radical (unpaired) electrons. The molecule has 0 heterocycles. The summed E-state index contributed by atoms with van der Waals surface area (Å²) >= 11 is 0. The Kier molecular flexibility index (Phi) is 3.95. The van der Waals surface area contributed by atoms with Crippen molar-refractivity contribution in [1.29, 1.82) is 0 Å². The molecule has 0 aliphatic heterocycles. The molecule has 0 rings (SSSR count). The Morgan fingerprint density at radius 2 is 2.08 bits per heavy atom. The predicted octanol–water partition coefficient (Wildman–Crippen LogP) is -0.321. The Balaban J connectivity index is 4.21. The minimum absolute atomic E-state index is 0.0675. The molecule has 0 saturated heterocycles. The fourth-order valence-corrected chi connectivity index (χ4v) is 1.47. The van der Waals surface area contributed by atoms with Gasteiger partial charge in [-0.1, -0.05) is 6.58 Å². The normalized spacial score (nSPS) is 11.2. The largest absolute Gasteiger partial charge is 0.347 e. The van der Waals surface area contributed by atoms with Crippen molar-refractivity contribution in [3.8, 4) is 0 Å². The SMILES string of the molecule is C=CC(=O)NC(C)(C)C[SH](=O)=O. The van der Waals surface area contributed by atoms with Gasteiger partial charge in [0.15, 0.2) is 0 Å². The van der Waals surface area contributed by atoms with Crippen LogP contribution in [0.15, 0.2) is 12.7 Å². The van der Waals surface area contributed by atoms with E-state index in [0.717, 1.165) is 6.08 Å². The lowest BCUT2D eigenvalue weighted by Crippen LogP contribution is -2.45. The Morgan fingerprint density at radius 3 is 2.42 bits per heavy atom. The van der Waals surface area contributed by atoms with Crippen LogP contribution < -0.4 is 5.32 Å². The summed E-state index contributed by atoms with van der Waals surface area (Å²) in [6, 6.07) is 0. The number of hydrogen-bond donors (Lipinski definition) is 2. The molecule has 0 fully saturated rings. The summed E-state index contributed by atoms with van der Waals surface area (Å²) in [5.74, 6) is -0.432. The first-order valence-corrected chi connectivity index (χ1v) is 4.80. The van der Waals surface area contributed by atoms with Gasteiger partial charge < -0.3 is 5.32 Å². The Bertz CT molecular complexity index is 247. The highest BCUT2D eigenvalue weighted by atomic mass is 32.2. The molecule has 70 valence electrons. The number of amides is 1. The van der Waals surface area contributed by atoms with Gasteiger partial charge in [-0.3, -0.25) is 4.79 Å². The molecule has 0 saturated carbocycles. The summed E-state index contributed by atoms with van der Waals surface area (Å²) in [4.78, 5) is 10.8. The smallest absolute Gasteiger partial charge is 0.243 e. The molecular formula is C7H13NO3S. The molecule has 0 unspecified atom stereocenters.